The van der Waals surface area contributed by atoms with Crippen LogP contribution in [0.15, 0.2) is 54.1 Å². The Morgan fingerprint density at radius 1 is 1.18 bits per heavy atom. The molecule has 0 bridgehead atoms. The molecule has 0 aliphatic heterocycles. The van der Waals surface area contributed by atoms with E-state index in [1.165, 1.54) is 24.0 Å². The molecule has 0 radical (unpaired) electrons. The summed E-state index contributed by atoms with van der Waals surface area (Å²) in [5.74, 6) is 0.522. The van der Waals surface area contributed by atoms with Crippen molar-refractivity contribution in [3.05, 3.63) is 59.7 Å². The Balaban J connectivity index is 2.39. The van der Waals surface area contributed by atoms with Crippen LogP contribution in [0.4, 0.5) is 0 Å². The van der Waals surface area contributed by atoms with E-state index in [-0.39, 0.29) is 5.41 Å². The van der Waals surface area contributed by atoms with Crippen LogP contribution in [0, 0.1) is 5.41 Å². The molecule has 17 heavy (non-hydrogen) atoms. The van der Waals surface area contributed by atoms with Gasteiger partial charge in [0.15, 0.2) is 0 Å². The molecule has 0 heterocycles. The summed E-state index contributed by atoms with van der Waals surface area (Å²) in [4.78, 5) is 0. The highest BCUT2D eigenvalue weighted by atomic mass is 14.4. The maximum Gasteiger partial charge on any atom is 0.0112 e. The van der Waals surface area contributed by atoms with Gasteiger partial charge in [-0.2, -0.15) is 0 Å². The first-order valence-electron chi connectivity index (χ1n) is 6.59. The molecule has 0 saturated heterocycles. The second-order valence-electron chi connectivity index (χ2n) is 5.29. The highest BCUT2D eigenvalue weighted by molar-refractivity contribution is 5.37. The summed E-state index contributed by atoms with van der Waals surface area (Å²) < 4.78 is 0. The summed E-state index contributed by atoms with van der Waals surface area (Å²) in [6, 6.07) is 10.9. The molecule has 0 spiro atoms. The number of hydrogen-bond acceptors (Lipinski definition) is 0. The maximum absolute atomic E-state index is 2.41. The van der Waals surface area contributed by atoms with Gasteiger partial charge in [0, 0.05) is 5.92 Å². The smallest absolute Gasteiger partial charge is 0.0112 e. The fourth-order valence-corrected chi connectivity index (χ4v) is 2.97. The molecule has 0 fully saturated rings. The molecule has 0 saturated carbocycles. The van der Waals surface area contributed by atoms with Gasteiger partial charge in [-0.15, -0.1) is 0 Å². The van der Waals surface area contributed by atoms with E-state index in [1.807, 2.05) is 0 Å². The second-order valence-corrected chi connectivity index (χ2v) is 5.29. The molecule has 1 aromatic carbocycles. The summed E-state index contributed by atoms with van der Waals surface area (Å²) >= 11 is 0. The zero-order valence-corrected chi connectivity index (χ0v) is 11.1. The molecule has 0 N–H and O–H groups in total. The van der Waals surface area contributed by atoms with Gasteiger partial charge < -0.3 is 0 Å². The second kappa shape index (κ2) is 4.91. The van der Waals surface area contributed by atoms with Gasteiger partial charge in [-0.05, 0) is 24.3 Å². The lowest BCUT2D eigenvalue weighted by atomic mass is 9.64. The number of hydrogen-bond donors (Lipinski definition) is 0. The lowest BCUT2D eigenvalue weighted by Gasteiger charge is -2.39. The molecule has 0 amide bonds. The van der Waals surface area contributed by atoms with Crippen molar-refractivity contribution >= 4 is 0 Å². The fraction of sp³-hybridized carbons (Fsp3) is 0.412. The predicted octanol–water partition coefficient (Wildman–Crippen LogP) is 5.09. The Hall–Kier alpha value is -1.30. The largest absolute Gasteiger partial charge is 0.0761 e. The van der Waals surface area contributed by atoms with Crippen LogP contribution in [0.3, 0.4) is 0 Å². The third kappa shape index (κ3) is 2.22. The third-order valence-corrected chi connectivity index (χ3v) is 4.17. The number of rotatable bonds is 3. The zero-order valence-electron chi connectivity index (χ0n) is 11.1. The minimum absolute atomic E-state index is 0.283. The van der Waals surface area contributed by atoms with Crippen LogP contribution < -0.4 is 0 Å². The monoisotopic (exact) mass is 226 g/mol. The first kappa shape index (κ1) is 12.2. The molecule has 2 atom stereocenters. The average molecular weight is 226 g/mol. The Kier molecular flexibility index (Phi) is 3.51. The van der Waals surface area contributed by atoms with E-state index >= 15 is 0 Å². The molecule has 1 aliphatic carbocycles. The van der Waals surface area contributed by atoms with Gasteiger partial charge in [0.25, 0.3) is 0 Å². The van der Waals surface area contributed by atoms with Gasteiger partial charge in [0.05, 0.1) is 0 Å². The van der Waals surface area contributed by atoms with Crippen LogP contribution in [-0.2, 0) is 0 Å². The predicted molar refractivity (Wildman–Crippen MR) is 75.1 cm³/mol. The minimum atomic E-state index is 0.283. The van der Waals surface area contributed by atoms with Crippen LogP contribution >= 0.6 is 0 Å². The van der Waals surface area contributed by atoms with Crippen LogP contribution in [0.1, 0.15) is 45.1 Å². The molecule has 2 rings (SSSR count). The lowest BCUT2D eigenvalue weighted by Crippen LogP contribution is -2.27. The normalized spacial score (nSPS) is 27.9. The molecule has 0 nitrogen and oxygen atoms in total. The van der Waals surface area contributed by atoms with E-state index < -0.39 is 0 Å². The number of benzene rings is 1. The summed E-state index contributed by atoms with van der Waals surface area (Å²) in [7, 11) is 0. The molecule has 1 aromatic rings. The maximum atomic E-state index is 2.41. The molecule has 2 unspecified atom stereocenters. The van der Waals surface area contributed by atoms with E-state index in [2.05, 4.69) is 69.3 Å². The summed E-state index contributed by atoms with van der Waals surface area (Å²) in [5, 5.41) is 0. The minimum Gasteiger partial charge on any atom is -0.0761 e. The summed E-state index contributed by atoms with van der Waals surface area (Å²) in [5.41, 5.74) is 3.23. The van der Waals surface area contributed by atoms with E-state index in [1.54, 1.807) is 0 Å². The Morgan fingerprint density at radius 2 is 1.88 bits per heavy atom. The average Bonchev–Trinajstić information content (AvgIpc) is 2.34. The van der Waals surface area contributed by atoms with Gasteiger partial charge in [-0.3, -0.25) is 0 Å². The summed E-state index contributed by atoms with van der Waals surface area (Å²) in [6.07, 6.45) is 9.33. The SMILES string of the molecule is CCCC1(C)C(C)=CC=CC1c1ccccc1. The molecule has 0 aromatic heterocycles. The number of allylic oxidation sites excluding steroid dienone is 4. The van der Waals surface area contributed by atoms with Crippen molar-refractivity contribution < 1.29 is 0 Å². The van der Waals surface area contributed by atoms with Crippen LogP contribution in [0.25, 0.3) is 0 Å². The molecular weight excluding hydrogens is 204 g/mol. The van der Waals surface area contributed by atoms with Gasteiger partial charge in [0.2, 0.25) is 0 Å². The van der Waals surface area contributed by atoms with Crippen molar-refractivity contribution in [3.8, 4) is 0 Å². The van der Waals surface area contributed by atoms with Crippen molar-refractivity contribution in [1.82, 2.24) is 0 Å². The quantitative estimate of drug-likeness (QED) is 0.673. The standard InChI is InChI=1S/C17H22/c1-4-13-17(3)14(2)9-8-12-16(17)15-10-6-5-7-11-15/h5-12,16H,4,13H2,1-3H3. The zero-order chi connectivity index (χ0) is 12.3. The first-order valence-corrected chi connectivity index (χ1v) is 6.59. The van der Waals surface area contributed by atoms with Crippen molar-refractivity contribution in [2.24, 2.45) is 5.41 Å². The molecule has 90 valence electrons. The van der Waals surface area contributed by atoms with Crippen molar-refractivity contribution in [2.45, 2.75) is 39.5 Å². The van der Waals surface area contributed by atoms with Crippen LogP contribution in [0.5, 0.6) is 0 Å². The topological polar surface area (TPSA) is 0 Å². The van der Waals surface area contributed by atoms with Gasteiger partial charge in [0.1, 0.15) is 0 Å². The van der Waals surface area contributed by atoms with E-state index in [9.17, 15) is 0 Å². The highest BCUT2D eigenvalue weighted by Crippen LogP contribution is 2.48. The van der Waals surface area contributed by atoms with Gasteiger partial charge in [-0.1, -0.05) is 74.4 Å². The van der Waals surface area contributed by atoms with E-state index in [0.717, 1.165) is 0 Å². The molecule has 1 aliphatic rings. The highest BCUT2D eigenvalue weighted by Gasteiger charge is 2.35. The third-order valence-electron chi connectivity index (χ3n) is 4.17. The fourth-order valence-electron chi connectivity index (χ4n) is 2.97. The van der Waals surface area contributed by atoms with E-state index in [4.69, 9.17) is 0 Å². The summed E-state index contributed by atoms with van der Waals surface area (Å²) in [6.45, 7) is 6.96. The van der Waals surface area contributed by atoms with E-state index in [0.29, 0.717) is 5.92 Å². The Morgan fingerprint density at radius 3 is 2.53 bits per heavy atom. The van der Waals surface area contributed by atoms with Gasteiger partial charge in [-0.25, -0.2) is 0 Å². The Labute approximate surface area is 105 Å². The van der Waals surface area contributed by atoms with Crippen LogP contribution in [-0.4, -0.2) is 0 Å². The van der Waals surface area contributed by atoms with Crippen molar-refractivity contribution in [2.75, 3.05) is 0 Å². The molecular formula is C17H22. The van der Waals surface area contributed by atoms with Crippen LogP contribution in [0.2, 0.25) is 0 Å². The van der Waals surface area contributed by atoms with Crippen molar-refractivity contribution in [3.63, 3.8) is 0 Å². The van der Waals surface area contributed by atoms with Crippen molar-refractivity contribution in [1.29, 1.82) is 0 Å². The first-order chi connectivity index (χ1) is 8.18. The van der Waals surface area contributed by atoms with Gasteiger partial charge >= 0.3 is 0 Å². The molecule has 0 heteroatoms. The lowest BCUT2D eigenvalue weighted by molar-refractivity contribution is 0.318. The Bertz CT molecular complexity index is 425.